The van der Waals surface area contributed by atoms with Crippen LogP contribution in [0.25, 0.3) is 0 Å². The van der Waals surface area contributed by atoms with Gasteiger partial charge in [-0.05, 0) is 0 Å². The molecular formula is C7H13NO. The zero-order chi connectivity index (χ0) is 7.54. The summed E-state index contributed by atoms with van der Waals surface area (Å²) < 4.78 is 0. The van der Waals surface area contributed by atoms with E-state index < -0.39 is 0 Å². The summed E-state index contributed by atoms with van der Waals surface area (Å²) in [6.07, 6.45) is 3.22. The first-order chi connectivity index (χ1) is 4.33. The van der Waals surface area contributed by atoms with Crippen molar-refractivity contribution in [2.24, 2.45) is 0 Å². The van der Waals surface area contributed by atoms with Crippen LogP contribution in [0.3, 0.4) is 0 Å². The maximum Gasteiger partial charge on any atom is 0.134 e. The van der Waals surface area contributed by atoms with Gasteiger partial charge in [0.05, 0.1) is 12.5 Å². The van der Waals surface area contributed by atoms with Crippen LogP contribution in [0, 0.1) is 11.3 Å². The highest BCUT2D eigenvalue weighted by Crippen LogP contribution is 1.76. The molecule has 0 aliphatic rings. The van der Waals surface area contributed by atoms with E-state index in [0.717, 1.165) is 0 Å². The van der Waals surface area contributed by atoms with E-state index in [9.17, 15) is 4.79 Å². The summed E-state index contributed by atoms with van der Waals surface area (Å²) in [5, 5.41) is 7.58. The fourth-order valence-corrected chi connectivity index (χ4v) is 0.0373. The lowest BCUT2D eigenvalue weighted by Gasteiger charge is -1.68. The standard InChI is InChI=1S/C4H10.C3H3NO/c1-3-4-2;4-2-1-3-5/h3-4H2,1-2H3;3H,1H2. The maximum atomic E-state index is 9.18. The Bertz CT molecular complexity index is 81.4. The van der Waals surface area contributed by atoms with Crippen LogP contribution < -0.4 is 0 Å². The molecule has 0 aliphatic carbocycles. The van der Waals surface area contributed by atoms with Crippen LogP contribution in [0.15, 0.2) is 0 Å². The summed E-state index contributed by atoms with van der Waals surface area (Å²) in [5.74, 6) is 0. The third-order valence-corrected chi connectivity index (χ3v) is 0.675. The van der Waals surface area contributed by atoms with Crippen LogP contribution in [-0.4, -0.2) is 6.29 Å². The van der Waals surface area contributed by atoms with Crippen LogP contribution in [0.4, 0.5) is 0 Å². The molecule has 2 heteroatoms. The molecule has 0 bridgehead atoms. The van der Waals surface area contributed by atoms with Gasteiger partial charge in [-0.3, -0.25) is 0 Å². The Kier molecular flexibility index (Phi) is 19.2. The van der Waals surface area contributed by atoms with Crippen molar-refractivity contribution in [2.75, 3.05) is 0 Å². The molecule has 0 saturated carbocycles. The van der Waals surface area contributed by atoms with Crippen LogP contribution in [-0.2, 0) is 4.79 Å². The first-order valence-electron chi connectivity index (χ1n) is 3.14. The number of unbranched alkanes of at least 4 members (excludes halogenated alkanes) is 1. The number of carbonyl (C=O) groups is 1. The Balaban J connectivity index is 0. The lowest BCUT2D eigenvalue weighted by atomic mass is 10.4. The highest BCUT2D eigenvalue weighted by atomic mass is 16.1. The third-order valence-electron chi connectivity index (χ3n) is 0.675. The van der Waals surface area contributed by atoms with Crippen molar-refractivity contribution in [1.29, 1.82) is 5.26 Å². The molecule has 0 rings (SSSR count). The molecule has 0 aromatic rings. The van der Waals surface area contributed by atoms with Gasteiger partial charge in [0.25, 0.3) is 0 Å². The quantitative estimate of drug-likeness (QED) is 0.531. The van der Waals surface area contributed by atoms with Crippen LogP contribution in [0.2, 0.25) is 0 Å². The average molecular weight is 127 g/mol. The molecule has 0 aliphatic heterocycles. The van der Waals surface area contributed by atoms with Gasteiger partial charge in [-0.15, -0.1) is 0 Å². The second-order valence-corrected chi connectivity index (χ2v) is 1.53. The fourth-order valence-electron chi connectivity index (χ4n) is 0.0373. The predicted molar refractivity (Wildman–Crippen MR) is 36.9 cm³/mol. The fraction of sp³-hybridized carbons (Fsp3) is 0.714. The normalized spacial score (nSPS) is 6.33. The summed E-state index contributed by atoms with van der Waals surface area (Å²) in [7, 11) is 0. The SMILES string of the molecule is CCCC.N#CCC=O. The molecule has 0 saturated heterocycles. The predicted octanol–water partition coefficient (Wildman–Crippen LogP) is 1.91. The minimum absolute atomic E-state index is 0.0139. The van der Waals surface area contributed by atoms with Gasteiger partial charge in [0.15, 0.2) is 0 Å². The molecule has 52 valence electrons. The molecule has 0 radical (unpaired) electrons. The molecule has 0 unspecified atom stereocenters. The minimum Gasteiger partial charge on any atom is -0.302 e. The van der Waals surface area contributed by atoms with E-state index in [1.165, 1.54) is 12.8 Å². The first kappa shape index (κ1) is 11.0. The number of rotatable bonds is 2. The summed E-state index contributed by atoms with van der Waals surface area (Å²) in [4.78, 5) is 9.18. The number of carbonyl (C=O) groups excluding carboxylic acids is 1. The van der Waals surface area contributed by atoms with E-state index in [0.29, 0.717) is 6.29 Å². The van der Waals surface area contributed by atoms with E-state index in [1.54, 1.807) is 6.07 Å². The van der Waals surface area contributed by atoms with E-state index in [-0.39, 0.29) is 6.42 Å². The summed E-state index contributed by atoms with van der Waals surface area (Å²) in [6.45, 7) is 4.36. The second-order valence-electron chi connectivity index (χ2n) is 1.53. The van der Waals surface area contributed by atoms with Gasteiger partial charge in [-0.25, -0.2) is 0 Å². The monoisotopic (exact) mass is 127 g/mol. The van der Waals surface area contributed by atoms with E-state index >= 15 is 0 Å². The minimum atomic E-state index is 0.0139. The van der Waals surface area contributed by atoms with Crippen LogP contribution in [0.5, 0.6) is 0 Å². The van der Waals surface area contributed by atoms with Crippen molar-refractivity contribution in [1.82, 2.24) is 0 Å². The van der Waals surface area contributed by atoms with Gasteiger partial charge in [0, 0.05) is 0 Å². The van der Waals surface area contributed by atoms with Crippen molar-refractivity contribution < 1.29 is 4.79 Å². The first-order valence-corrected chi connectivity index (χ1v) is 3.14. The van der Waals surface area contributed by atoms with Gasteiger partial charge in [-0.2, -0.15) is 5.26 Å². The molecule has 0 heterocycles. The highest BCUT2D eigenvalue weighted by molar-refractivity contribution is 5.52. The van der Waals surface area contributed by atoms with Crippen molar-refractivity contribution in [3.63, 3.8) is 0 Å². The van der Waals surface area contributed by atoms with Crippen molar-refractivity contribution in [3.8, 4) is 6.07 Å². The van der Waals surface area contributed by atoms with Gasteiger partial charge >= 0.3 is 0 Å². The largest absolute Gasteiger partial charge is 0.302 e. The zero-order valence-corrected chi connectivity index (χ0v) is 6.05. The Morgan fingerprint density at radius 3 is 1.89 bits per heavy atom. The Labute approximate surface area is 56.5 Å². The van der Waals surface area contributed by atoms with Crippen molar-refractivity contribution in [2.45, 2.75) is 33.1 Å². The van der Waals surface area contributed by atoms with Crippen molar-refractivity contribution >= 4 is 6.29 Å². The number of nitriles is 1. The zero-order valence-electron chi connectivity index (χ0n) is 6.05. The maximum absolute atomic E-state index is 9.18. The lowest BCUT2D eigenvalue weighted by molar-refractivity contribution is -0.107. The molecule has 0 fully saturated rings. The van der Waals surface area contributed by atoms with Gasteiger partial charge in [0.1, 0.15) is 6.29 Å². The Morgan fingerprint density at radius 1 is 1.44 bits per heavy atom. The van der Waals surface area contributed by atoms with Gasteiger partial charge in [-0.1, -0.05) is 26.7 Å². The second kappa shape index (κ2) is 15.7. The lowest BCUT2D eigenvalue weighted by Crippen LogP contribution is -1.60. The van der Waals surface area contributed by atoms with Crippen molar-refractivity contribution in [3.05, 3.63) is 0 Å². The molecule has 0 aromatic carbocycles. The third kappa shape index (κ3) is 40.9. The molecule has 9 heavy (non-hydrogen) atoms. The molecule has 0 aromatic heterocycles. The molecular weight excluding hydrogens is 114 g/mol. The molecule has 2 nitrogen and oxygen atoms in total. The van der Waals surface area contributed by atoms with Crippen LogP contribution in [0.1, 0.15) is 33.1 Å². The number of hydrogen-bond donors (Lipinski definition) is 0. The average Bonchev–Trinajstić information content (AvgIpc) is 1.91. The molecule has 0 spiro atoms. The molecule has 0 amide bonds. The van der Waals surface area contributed by atoms with E-state index in [1.807, 2.05) is 0 Å². The van der Waals surface area contributed by atoms with E-state index in [4.69, 9.17) is 5.26 Å². The highest BCUT2D eigenvalue weighted by Gasteiger charge is 1.63. The Morgan fingerprint density at radius 2 is 1.89 bits per heavy atom. The molecule has 0 atom stereocenters. The summed E-state index contributed by atoms with van der Waals surface area (Å²) in [5.41, 5.74) is 0. The summed E-state index contributed by atoms with van der Waals surface area (Å²) >= 11 is 0. The number of nitrogens with zero attached hydrogens (tertiary/aromatic N) is 1. The van der Waals surface area contributed by atoms with Gasteiger partial charge in [0.2, 0.25) is 0 Å². The van der Waals surface area contributed by atoms with Gasteiger partial charge < -0.3 is 4.79 Å². The summed E-state index contributed by atoms with van der Waals surface area (Å²) in [6, 6.07) is 1.65. The van der Waals surface area contributed by atoms with E-state index in [2.05, 4.69) is 13.8 Å². The Hall–Kier alpha value is -0.840. The van der Waals surface area contributed by atoms with Crippen LogP contribution >= 0.6 is 0 Å². The number of hydrogen-bond acceptors (Lipinski definition) is 2. The smallest absolute Gasteiger partial charge is 0.134 e. The topological polar surface area (TPSA) is 40.9 Å². The number of aldehydes is 1. The molecule has 0 N–H and O–H groups in total.